The van der Waals surface area contributed by atoms with E-state index in [1.807, 2.05) is 0 Å². The van der Waals surface area contributed by atoms with E-state index < -0.39 is 15.8 Å². The largest absolute Gasteiger partial charge is 0.312 e. The number of halogens is 1. The van der Waals surface area contributed by atoms with Gasteiger partial charge in [0.15, 0.2) is 0 Å². The number of benzene rings is 2. The number of hydrogen-bond donors (Lipinski definition) is 1. The third kappa shape index (κ3) is 3.82. The second-order valence-electron chi connectivity index (χ2n) is 6.07. The van der Waals surface area contributed by atoms with E-state index in [-0.39, 0.29) is 16.4 Å². The molecule has 25 heavy (non-hydrogen) atoms. The maximum absolute atomic E-state index is 13.4. The number of piperidine rings is 1. The Hall–Kier alpha value is -2.41. The van der Waals surface area contributed by atoms with Gasteiger partial charge >= 0.3 is 0 Å². The minimum atomic E-state index is -3.83. The summed E-state index contributed by atoms with van der Waals surface area (Å²) in [5.74, 6) is -0.412. The third-order valence-electron chi connectivity index (χ3n) is 4.17. The average Bonchev–Trinajstić information content (AvgIpc) is 2.57. The first kappa shape index (κ1) is 17.4. The van der Waals surface area contributed by atoms with Gasteiger partial charge in [-0.25, -0.2) is 12.8 Å². The molecule has 132 valence electrons. The van der Waals surface area contributed by atoms with E-state index >= 15 is 0 Å². The first-order valence-electron chi connectivity index (χ1n) is 8.06. The van der Waals surface area contributed by atoms with Crippen molar-refractivity contribution in [3.05, 3.63) is 53.8 Å². The molecule has 7 heteroatoms. The van der Waals surface area contributed by atoms with Crippen LogP contribution in [-0.2, 0) is 14.8 Å². The van der Waals surface area contributed by atoms with E-state index in [4.69, 9.17) is 0 Å². The lowest BCUT2D eigenvalue weighted by Gasteiger charge is -2.27. The van der Waals surface area contributed by atoms with Crippen LogP contribution < -0.4 is 9.62 Å². The number of nitrogens with zero attached hydrogens (tertiary/aromatic N) is 1. The highest BCUT2D eigenvalue weighted by Crippen LogP contribution is 2.25. The minimum Gasteiger partial charge on any atom is -0.312 e. The van der Waals surface area contributed by atoms with Gasteiger partial charge in [-0.2, -0.15) is 0 Å². The number of nitrogens with one attached hydrogen (secondary N) is 1. The van der Waals surface area contributed by atoms with Crippen molar-refractivity contribution in [3.63, 3.8) is 0 Å². The van der Waals surface area contributed by atoms with E-state index in [1.165, 1.54) is 19.1 Å². The van der Waals surface area contributed by atoms with E-state index in [9.17, 15) is 17.6 Å². The minimum absolute atomic E-state index is 0.00847. The molecule has 0 aromatic heterocycles. The standard InChI is InChI=1S/C18H19FN2O3S/c1-13-11-16(8-9-17(13)19)25(23,24)20-14-5-4-6-15(12-14)21-10-3-2-7-18(21)22/h4-6,8-9,11-12,20H,2-3,7,10H2,1H3. The van der Waals surface area contributed by atoms with Gasteiger partial charge in [0.05, 0.1) is 10.6 Å². The molecule has 3 rings (SSSR count). The average molecular weight is 362 g/mol. The lowest BCUT2D eigenvalue weighted by atomic mass is 10.1. The van der Waals surface area contributed by atoms with Crippen molar-refractivity contribution >= 4 is 27.3 Å². The molecule has 0 atom stereocenters. The summed E-state index contributed by atoms with van der Waals surface area (Å²) in [6.45, 7) is 2.14. The fraction of sp³-hybridized carbons (Fsp3) is 0.278. The van der Waals surface area contributed by atoms with Crippen molar-refractivity contribution in [1.29, 1.82) is 0 Å². The number of hydrogen-bond acceptors (Lipinski definition) is 3. The molecule has 0 saturated carbocycles. The summed E-state index contributed by atoms with van der Waals surface area (Å²) >= 11 is 0. The van der Waals surface area contributed by atoms with Crippen LogP contribution in [0.3, 0.4) is 0 Å². The first-order valence-corrected chi connectivity index (χ1v) is 9.54. The lowest BCUT2D eigenvalue weighted by Crippen LogP contribution is -2.35. The van der Waals surface area contributed by atoms with Gasteiger partial charge in [-0.1, -0.05) is 6.07 Å². The quantitative estimate of drug-likeness (QED) is 0.906. The second-order valence-corrected chi connectivity index (χ2v) is 7.75. The van der Waals surface area contributed by atoms with Gasteiger partial charge in [-0.05, 0) is 61.7 Å². The van der Waals surface area contributed by atoms with Gasteiger partial charge < -0.3 is 4.90 Å². The van der Waals surface area contributed by atoms with Crippen molar-refractivity contribution in [3.8, 4) is 0 Å². The van der Waals surface area contributed by atoms with Crippen LogP contribution in [0.25, 0.3) is 0 Å². The van der Waals surface area contributed by atoms with Crippen LogP contribution in [0.2, 0.25) is 0 Å². The second kappa shape index (κ2) is 6.84. The van der Waals surface area contributed by atoms with E-state index in [0.717, 1.165) is 18.9 Å². The Morgan fingerprint density at radius 3 is 2.64 bits per heavy atom. The Balaban J connectivity index is 1.86. The summed E-state index contributed by atoms with van der Waals surface area (Å²) in [6.07, 6.45) is 2.31. The Bertz CT molecular complexity index is 912. The molecule has 1 heterocycles. The normalized spacial score (nSPS) is 15.3. The summed E-state index contributed by atoms with van der Waals surface area (Å²) in [4.78, 5) is 13.7. The highest BCUT2D eigenvalue weighted by molar-refractivity contribution is 7.92. The lowest BCUT2D eigenvalue weighted by molar-refractivity contribution is -0.119. The molecular formula is C18H19FN2O3S. The van der Waals surface area contributed by atoms with Crippen LogP contribution in [-0.4, -0.2) is 20.9 Å². The van der Waals surface area contributed by atoms with Crippen LogP contribution >= 0.6 is 0 Å². The van der Waals surface area contributed by atoms with Crippen molar-refractivity contribution in [2.45, 2.75) is 31.1 Å². The Kier molecular flexibility index (Phi) is 4.76. The molecule has 0 unspecified atom stereocenters. The van der Waals surface area contributed by atoms with Crippen molar-refractivity contribution in [1.82, 2.24) is 0 Å². The SMILES string of the molecule is Cc1cc(S(=O)(=O)Nc2cccc(N3CCCCC3=O)c2)ccc1F. The summed E-state index contributed by atoms with van der Waals surface area (Å²) in [5, 5.41) is 0. The van der Waals surface area contributed by atoms with E-state index in [0.29, 0.717) is 24.3 Å². The van der Waals surface area contributed by atoms with Crippen LogP contribution in [0.5, 0.6) is 0 Å². The highest BCUT2D eigenvalue weighted by atomic mass is 32.2. The van der Waals surface area contributed by atoms with E-state index in [1.54, 1.807) is 29.2 Å². The van der Waals surface area contributed by atoms with Gasteiger partial charge in [0.2, 0.25) is 5.91 Å². The molecule has 2 aromatic carbocycles. The van der Waals surface area contributed by atoms with Gasteiger partial charge in [0, 0.05) is 18.7 Å². The van der Waals surface area contributed by atoms with Gasteiger partial charge in [-0.3, -0.25) is 9.52 Å². The van der Waals surface area contributed by atoms with Crippen LogP contribution in [0, 0.1) is 12.7 Å². The predicted octanol–water partition coefficient (Wildman–Crippen LogP) is 3.45. The number of carbonyl (C=O) groups excluding carboxylic acids is 1. The molecule has 0 spiro atoms. The molecular weight excluding hydrogens is 343 g/mol. The van der Waals surface area contributed by atoms with Crippen LogP contribution in [0.15, 0.2) is 47.4 Å². The van der Waals surface area contributed by atoms with Crippen LogP contribution in [0.1, 0.15) is 24.8 Å². The maximum atomic E-state index is 13.4. The number of aryl methyl sites for hydroxylation is 1. The summed E-state index contributed by atoms with van der Waals surface area (Å²) < 4.78 is 40.8. The predicted molar refractivity (Wildman–Crippen MR) is 94.6 cm³/mol. The Morgan fingerprint density at radius 2 is 1.92 bits per heavy atom. The zero-order valence-corrected chi connectivity index (χ0v) is 14.6. The molecule has 1 fully saturated rings. The zero-order valence-electron chi connectivity index (χ0n) is 13.8. The molecule has 5 nitrogen and oxygen atoms in total. The highest BCUT2D eigenvalue weighted by Gasteiger charge is 2.21. The number of carbonyl (C=O) groups is 1. The van der Waals surface area contributed by atoms with Crippen molar-refractivity contribution in [2.24, 2.45) is 0 Å². The fourth-order valence-electron chi connectivity index (χ4n) is 2.81. The van der Waals surface area contributed by atoms with Gasteiger partial charge in [0.25, 0.3) is 10.0 Å². The van der Waals surface area contributed by atoms with Crippen molar-refractivity contribution in [2.75, 3.05) is 16.2 Å². The zero-order chi connectivity index (χ0) is 18.0. The fourth-order valence-corrected chi connectivity index (χ4v) is 3.95. The molecule has 1 N–H and O–H groups in total. The number of rotatable bonds is 4. The van der Waals surface area contributed by atoms with Crippen molar-refractivity contribution < 1.29 is 17.6 Å². The molecule has 1 aliphatic heterocycles. The molecule has 1 amide bonds. The molecule has 0 aliphatic carbocycles. The third-order valence-corrected chi connectivity index (χ3v) is 5.55. The number of sulfonamides is 1. The number of anilines is 2. The first-order chi connectivity index (χ1) is 11.9. The Morgan fingerprint density at radius 1 is 1.12 bits per heavy atom. The smallest absolute Gasteiger partial charge is 0.261 e. The summed E-state index contributed by atoms with van der Waals surface area (Å²) in [7, 11) is -3.83. The molecule has 1 aliphatic rings. The van der Waals surface area contributed by atoms with Gasteiger partial charge in [0.1, 0.15) is 5.82 Å². The molecule has 0 bridgehead atoms. The number of amides is 1. The summed E-state index contributed by atoms with van der Waals surface area (Å²) in [5.41, 5.74) is 1.29. The van der Waals surface area contributed by atoms with E-state index in [2.05, 4.69) is 4.72 Å². The molecule has 2 aromatic rings. The molecule has 0 radical (unpaired) electrons. The topological polar surface area (TPSA) is 66.5 Å². The molecule has 1 saturated heterocycles. The van der Waals surface area contributed by atoms with Crippen LogP contribution in [0.4, 0.5) is 15.8 Å². The Labute approximate surface area is 146 Å². The summed E-state index contributed by atoms with van der Waals surface area (Å²) in [6, 6.07) is 10.4. The monoisotopic (exact) mass is 362 g/mol. The maximum Gasteiger partial charge on any atom is 0.261 e. The van der Waals surface area contributed by atoms with Gasteiger partial charge in [-0.15, -0.1) is 0 Å².